The molecule has 3 aromatic heterocycles. The zero-order valence-electron chi connectivity index (χ0n) is 26.1. The number of rotatable bonds is 4. The fourth-order valence-electron chi connectivity index (χ4n) is 6.71. The molecule has 1 N–H and O–H groups in total. The summed E-state index contributed by atoms with van der Waals surface area (Å²) in [6.07, 6.45) is 36.9. The Labute approximate surface area is 293 Å². The van der Waals surface area contributed by atoms with Crippen molar-refractivity contribution in [3.63, 3.8) is 0 Å². The van der Waals surface area contributed by atoms with Gasteiger partial charge in [-0.15, -0.1) is 0 Å². The second kappa shape index (κ2) is 13.0. The third-order valence-corrected chi connectivity index (χ3v) is 8.71. The van der Waals surface area contributed by atoms with Crippen LogP contribution in [0.4, 0.5) is 0 Å². The van der Waals surface area contributed by atoms with Crippen molar-refractivity contribution in [1.82, 2.24) is 19.5 Å². The summed E-state index contributed by atoms with van der Waals surface area (Å²) >= 11 is 0. The summed E-state index contributed by atoms with van der Waals surface area (Å²) < 4.78 is 27.7. The number of ether oxygens (including phenoxy) is 4. The van der Waals surface area contributed by atoms with Gasteiger partial charge in [-0.05, 0) is 103 Å². The summed E-state index contributed by atoms with van der Waals surface area (Å²) in [6, 6.07) is 10.3. The van der Waals surface area contributed by atoms with Crippen LogP contribution in [0.3, 0.4) is 0 Å². The number of aromatic nitrogens is 4. The van der Waals surface area contributed by atoms with Crippen LogP contribution in [0, 0.1) is 0 Å². The van der Waals surface area contributed by atoms with Gasteiger partial charge in [0.2, 0.25) is 0 Å². The molecule has 3 aromatic rings. The Kier molecular flexibility index (Phi) is 8.12. The first-order chi connectivity index (χ1) is 23.8. The topological polar surface area (TPSA) is 83.4 Å². The molecule has 1 radical (unpaired) electrons. The van der Waals surface area contributed by atoms with E-state index in [1.807, 2.05) is 109 Å². The summed E-state index contributed by atoms with van der Waals surface area (Å²) in [5.74, 6) is 0. The summed E-state index contributed by atoms with van der Waals surface area (Å²) in [7, 11) is 0. The van der Waals surface area contributed by atoms with Gasteiger partial charge in [0, 0.05) is 44.5 Å². The van der Waals surface area contributed by atoms with Crippen LogP contribution in [-0.2, 0) is 35.7 Å². The van der Waals surface area contributed by atoms with E-state index in [1.54, 1.807) is 25.0 Å². The van der Waals surface area contributed by atoms with E-state index in [4.69, 9.17) is 28.9 Å². The van der Waals surface area contributed by atoms with Crippen LogP contribution in [0.1, 0.15) is 64.0 Å². The smallest absolute Gasteiger partial charge is 0.195 e. The SMILES string of the molecule is C1=COC(c2c(C3C=CC=CO3)c3c(C4C=CC=CO4)c4nc(cc5ccc(cc6nc(cc2n3C2C=CC=CO2)C=C6)[nH]5)C=C4)C=C1.[Co]. The average Bonchev–Trinajstić information content (AvgIpc) is 3.95. The summed E-state index contributed by atoms with van der Waals surface area (Å²) in [4.78, 5) is 13.7. The van der Waals surface area contributed by atoms with Gasteiger partial charge >= 0.3 is 0 Å². The predicted molar refractivity (Wildman–Crippen MR) is 187 cm³/mol. The Morgan fingerprint density at radius 2 is 1.06 bits per heavy atom. The normalized spacial score (nSPS) is 22.4. The van der Waals surface area contributed by atoms with Gasteiger partial charge in [0.25, 0.3) is 0 Å². The second-order valence-corrected chi connectivity index (χ2v) is 11.7. The fraction of sp³-hybridized carbons (Fsp3) is 0.100. The largest absolute Gasteiger partial charge is 0.489 e. The van der Waals surface area contributed by atoms with E-state index in [0.29, 0.717) is 0 Å². The number of fused-ring (bicyclic) bond motifs is 8. The summed E-state index contributed by atoms with van der Waals surface area (Å²) in [6.45, 7) is 0. The number of nitrogens with zero attached hydrogens (tertiary/aromatic N) is 3. The Morgan fingerprint density at radius 3 is 1.65 bits per heavy atom. The average molecular weight is 690 g/mol. The van der Waals surface area contributed by atoms with Crippen molar-refractivity contribution < 1.29 is 35.7 Å². The minimum absolute atomic E-state index is 0. The second-order valence-electron chi connectivity index (χ2n) is 11.7. The Bertz CT molecular complexity index is 2300. The number of hydrogen-bond acceptors (Lipinski definition) is 6. The van der Waals surface area contributed by atoms with Crippen LogP contribution in [0.25, 0.3) is 46.4 Å². The van der Waals surface area contributed by atoms with E-state index >= 15 is 0 Å². The minimum atomic E-state index is -0.510. The molecule has 49 heavy (non-hydrogen) atoms. The van der Waals surface area contributed by atoms with Crippen molar-refractivity contribution in [3.8, 4) is 0 Å². The number of nitrogens with one attached hydrogen (secondary N) is 1. The van der Waals surface area contributed by atoms with Crippen molar-refractivity contribution in [3.05, 3.63) is 168 Å². The molecular weight excluding hydrogens is 659 g/mol. The number of hydrogen-bond donors (Lipinski definition) is 1. The maximum absolute atomic E-state index is 6.40. The van der Waals surface area contributed by atoms with E-state index in [0.717, 1.165) is 61.5 Å². The molecule has 4 unspecified atom stereocenters. The van der Waals surface area contributed by atoms with Crippen LogP contribution in [0.5, 0.6) is 0 Å². The Hall–Kier alpha value is -5.77. The van der Waals surface area contributed by atoms with Crippen molar-refractivity contribution in [2.24, 2.45) is 0 Å². The van der Waals surface area contributed by atoms with Crippen molar-refractivity contribution in [2.75, 3.05) is 0 Å². The van der Waals surface area contributed by atoms with Crippen LogP contribution in [0.2, 0.25) is 0 Å². The Morgan fingerprint density at radius 1 is 0.531 bits per heavy atom. The van der Waals surface area contributed by atoms with Gasteiger partial charge in [-0.3, -0.25) is 0 Å². The van der Waals surface area contributed by atoms with Crippen molar-refractivity contribution in [2.45, 2.75) is 24.5 Å². The molecule has 8 nitrogen and oxygen atoms in total. The molecule has 0 aliphatic carbocycles. The van der Waals surface area contributed by atoms with Crippen molar-refractivity contribution in [1.29, 1.82) is 0 Å². The van der Waals surface area contributed by atoms with Gasteiger partial charge in [0.05, 0.1) is 58.9 Å². The first-order valence-electron chi connectivity index (χ1n) is 15.9. The third kappa shape index (κ3) is 5.73. The molecule has 9 heterocycles. The molecule has 0 fully saturated rings. The summed E-state index contributed by atoms with van der Waals surface area (Å²) in [5, 5.41) is 0. The van der Waals surface area contributed by atoms with E-state index in [2.05, 4.69) is 27.8 Å². The molecule has 9 rings (SSSR count). The number of allylic oxidation sites excluding steroid dienone is 8. The monoisotopic (exact) mass is 689 g/mol. The standard InChI is InChI=1S/C40H30N4O4.Co/c1-5-19-45-33(9-1)37-31-18-17-29(43-31)24-28-14-13-26(41-28)23-27-15-16-30(42-27)25-32-38(34-10-2-6-20-46-34)39(35-11-3-7-21-47-35)40(37)44(32)36-12-4-8-22-48-36;/h1-25,33-36,41H;. The van der Waals surface area contributed by atoms with Gasteiger partial charge in [0.1, 0.15) is 18.3 Å². The molecule has 0 spiro atoms. The molecule has 0 aromatic carbocycles. The fourth-order valence-corrected chi connectivity index (χ4v) is 6.71. The molecule has 243 valence electrons. The third-order valence-electron chi connectivity index (χ3n) is 8.71. The first kappa shape index (κ1) is 30.6. The molecule has 6 aliphatic heterocycles. The van der Waals surface area contributed by atoms with Gasteiger partial charge in [0.15, 0.2) is 6.23 Å². The first-order valence-corrected chi connectivity index (χ1v) is 15.9. The zero-order chi connectivity index (χ0) is 31.9. The number of H-pyrrole nitrogens is 1. The minimum Gasteiger partial charge on any atom is -0.489 e. The van der Waals surface area contributed by atoms with E-state index in [9.17, 15) is 0 Å². The van der Waals surface area contributed by atoms with Crippen molar-refractivity contribution >= 4 is 46.4 Å². The molecule has 6 aliphatic rings. The van der Waals surface area contributed by atoms with Gasteiger partial charge < -0.3 is 28.5 Å². The van der Waals surface area contributed by atoms with E-state index in [1.165, 1.54) is 0 Å². The Balaban J connectivity index is 0.00000348. The molecule has 0 saturated carbocycles. The molecule has 8 bridgehead atoms. The van der Waals surface area contributed by atoms with Crippen LogP contribution in [-0.4, -0.2) is 19.5 Å². The van der Waals surface area contributed by atoms with Gasteiger partial charge in [-0.1, -0.05) is 24.3 Å². The predicted octanol–water partition coefficient (Wildman–Crippen LogP) is 9.15. The van der Waals surface area contributed by atoms with Crippen LogP contribution >= 0.6 is 0 Å². The van der Waals surface area contributed by atoms with Crippen LogP contribution in [0.15, 0.2) is 128 Å². The molecule has 4 atom stereocenters. The van der Waals surface area contributed by atoms with Gasteiger partial charge in [-0.25, -0.2) is 9.97 Å². The zero-order valence-corrected chi connectivity index (χ0v) is 27.1. The van der Waals surface area contributed by atoms with E-state index in [-0.39, 0.29) is 16.8 Å². The molecule has 0 saturated heterocycles. The quantitative estimate of drug-likeness (QED) is 0.203. The number of aromatic amines is 1. The van der Waals surface area contributed by atoms with Crippen LogP contribution < -0.4 is 0 Å². The molecule has 9 heteroatoms. The summed E-state index contributed by atoms with van der Waals surface area (Å²) in [5.41, 5.74) is 9.56. The molecular formula is C40H30CoN4O4. The van der Waals surface area contributed by atoms with Gasteiger partial charge in [-0.2, -0.15) is 0 Å². The maximum Gasteiger partial charge on any atom is 0.195 e. The van der Waals surface area contributed by atoms with E-state index < -0.39 is 24.5 Å². The maximum atomic E-state index is 6.40. The molecule has 0 amide bonds.